The Hall–Kier alpha value is -2.60. The Bertz CT molecular complexity index is 1540. The number of amides is 3. The minimum atomic E-state index is -2.23. The number of methoxy groups -OCH3 is 1. The number of hydrazine groups is 1. The minimum Gasteiger partial charge on any atom is -0.497 e. The number of ether oxygens (including phenoxy) is 1. The third-order valence-corrected chi connectivity index (χ3v) is 11.7. The van der Waals surface area contributed by atoms with Gasteiger partial charge in [-0.25, -0.2) is 5.01 Å². The topological polar surface area (TPSA) is 127 Å². The van der Waals surface area contributed by atoms with E-state index in [9.17, 15) is 29.3 Å². The Morgan fingerprint density at radius 3 is 1.95 bits per heavy atom. The Labute approximate surface area is 261 Å². The number of alkyl halides is 4. The normalized spacial score (nSPS) is 27.7. The van der Waals surface area contributed by atoms with Gasteiger partial charge in [-0.3, -0.25) is 29.3 Å². The molecule has 16 heteroatoms. The summed E-state index contributed by atoms with van der Waals surface area (Å²) in [5.41, 5.74) is -1.05. The lowest BCUT2D eigenvalue weighted by Gasteiger charge is -2.36. The molecule has 2 fully saturated rings. The van der Waals surface area contributed by atoms with Crippen molar-refractivity contribution in [3.63, 3.8) is 0 Å². The first-order valence-corrected chi connectivity index (χ1v) is 13.8. The van der Waals surface area contributed by atoms with Crippen LogP contribution in [0.25, 0.3) is 0 Å². The molecule has 1 heterocycles. The van der Waals surface area contributed by atoms with E-state index in [4.69, 9.17) is 74.3 Å². The number of rotatable bonds is 7. The summed E-state index contributed by atoms with van der Waals surface area (Å²) < 4.78 is 2.86. The number of hydrogen-bond donors (Lipinski definition) is 0. The molecule has 0 aromatic heterocycles. The summed E-state index contributed by atoms with van der Waals surface area (Å²) in [6, 6.07) is 10.6. The van der Waals surface area contributed by atoms with Crippen molar-refractivity contribution >= 4 is 98.8 Å². The molecule has 2 bridgehead atoms. The van der Waals surface area contributed by atoms with Crippen LogP contribution in [0.15, 0.2) is 58.6 Å². The summed E-state index contributed by atoms with van der Waals surface area (Å²) in [5, 5.41) is 11.9. The molecule has 0 spiro atoms. The van der Waals surface area contributed by atoms with E-state index in [-0.39, 0.29) is 15.6 Å². The van der Waals surface area contributed by atoms with Gasteiger partial charge in [0, 0.05) is 11.6 Å². The van der Waals surface area contributed by atoms with Crippen LogP contribution in [0.4, 0.5) is 5.69 Å². The van der Waals surface area contributed by atoms with E-state index in [0.29, 0.717) is 15.8 Å². The molecule has 3 aliphatic rings. The molecule has 1 aliphatic heterocycles. The second-order valence-electron chi connectivity index (χ2n) is 9.36. The number of Topliss-reactive ketones (excluding diaryl/α,β-unsaturated/α-hetero) is 1. The molecule has 2 aliphatic carbocycles. The van der Waals surface area contributed by atoms with Crippen LogP contribution in [-0.2, 0) is 9.59 Å². The SMILES string of the molecule is COc1ccc(C(=O)CN(C(=O)c2ccccc2[N+](=O)[O-])N2C(=O)[C@@H]3[C@H](C2=O)[C@@]2(Cl)C(Cl)=C(Cl)[C@@]3(Cl)C2(Cl)Cl)cc1. The number of nitro benzene ring substituents is 1. The number of para-hydroxylation sites is 1. The molecule has 2 aromatic carbocycles. The van der Waals surface area contributed by atoms with Gasteiger partial charge in [0.2, 0.25) is 0 Å². The van der Waals surface area contributed by atoms with Crippen LogP contribution in [0.2, 0.25) is 0 Å². The van der Waals surface area contributed by atoms with Gasteiger partial charge >= 0.3 is 0 Å². The fourth-order valence-corrected chi connectivity index (χ4v) is 8.34. The molecule has 1 saturated heterocycles. The number of fused-ring (bicyclic) bond motifs is 5. The van der Waals surface area contributed by atoms with Crippen LogP contribution in [0.3, 0.4) is 0 Å². The number of benzene rings is 2. The van der Waals surface area contributed by atoms with Crippen molar-refractivity contribution < 1.29 is 28.8 Å². The third-order valence-electron chi connectivity index (χ3n) is 7.40. The predicted octanol–water partition coefficient (Wildman–Crippen LogP) is 5.29. The van der Waals surface area contributed by atoms with E-state index in [1.165, 1.54) is 43.5 Å². The number of nitro groups is 1. The number of carbonyl (C=O) groups excluding carboxylic acids is 4. The van der Waals surface area contributed by atoms with Crippen molar-refractivity contribution in [2.24, 2.45) is 11.8 Å². The molecule has 5 rings (SSSR count). The zero-order valence-corrected chi connectivity index (χ0v) is 25.0. The first-order valence-electron chi connectivity index (χ1n) is 11.6. The smallest absolute Gasteiger partial charge is 0.282 e. The second-order valence-corrected chi connectivity index (χ2v) is 12.6. The van der Waals surface area contributed by atoms with Crippen LogP contribution in [-0.4, -0.2) is 66.2 Å². The maximum absolute atomic E-state index is 13.9. The van der Waals surface area contributed by atoms with Crippen LogP contribution in [0, 0.1) is 22.0 Å². The average molecular weight is 682 g/mol. The fraction of sp³-hybridized carbons (Fsp3) is 0.280. The van der Waals surface area contributed by atoms with Gasteiger partial charge in [0.05, 0.1) is 33.9 Å². The van der Waals surface area contributed by atoms with Crippen LogP contribution >= 0.6 is 69.6 Å². The molecule has 0 N–H and O–H groups in total. The first-order chi connectivity index (χ1) is 19.2. The quantitative estimate of drug-likeness (QED) is 0.128. The Morgan fingerprint density at radius 2 is 1.46 bits per heavy atom. The van der Waals surface area contributed by atoms with Crippen molar-refractivity contribution in [3.8, 4) is 5.75 Å². The number of hydrogen-bond acceptors (Lipinski definition) is 7. The highest BCUT2D eigenvalue weighted by atomic mass is 35.5. The van der Waals surface area contributed by atoms with Gasteiger partial charge in [-0.1, -0.05) is 58.5 Å². The maximum Gasteiger partial charge on any atom is 0.282 e. The Balaban J connectivity index is 1.62. The lowest BCUT2D eigenvalue weighted by atomic mass is 9.84. The van der Waals surface area contributed by atoms with Crippen LogP contribution in [0.1, 0.15) is 20.7 Å². The summed E-state index contributed by atoms with van der Waals surface area (Å²) in [5.74, 6) is -6.91. The number of imide groups is 1. The largest absolute Gasteiger partial charge is 0.497 e. The van der Waals surface area contributed by atoms with Gasteiger partial charge in [-0.05, 0) is 30.3 Å². The van der Waals surface area contributed by atoms with Crippen LogP contribution in [0.5, 0.6) is 5.75 Å². The summed E-state index contributed by atoms with van der Waals surface area (Å²) in [6.07, 6.45) is 0. The highest BCUT2D eigenvalue weighted by molar-refractivity contribution is 6.66. The zero-order chi connectivity index (χ0) is 30.2. The Kier molecular flexibility index (Phi) is 7.29. The maximum atomic E-state index is 13.9. The van der Waals surface area contributed by atoms with Crippen molar-refractivity contribution in [2.45, 2.75) is 14.1 Å². The number of ketones is 1. The van der Waals surface area contributed by atoms with Crippen LogP contribution < -0.4 is 4.74 Å². The molecule has 214 valence electrons. The predicted molar refractivity (Wildman–Crippen MR) is 151 cm³/mol. The van der Waals surface area contributed by atoms with E-state index >= 15 is 0 Å². The van der Waals surface area contributed by atoms with Crippen molar-refractivity contribution in [1.29, 1.82) is 0 Å². The molecule has 0 radical (unpaired) electrons. The molecule has 3 amide bonds. The lowest BCUT2D eigenvalue weighted by Crippen LogP contribution is -2.56. The zero-order valence-electron chi connectivity index (χ0n) is 20.4. The van der Waals surface area contributed by atoms with Crippen molar-refractivity contribution in [2.75, 3.05) is 13.7 Å². The number of nitrogens with zero attached hydrogens (tertiary/aromatic N) is 3. The van der Waals surface area contributed by atoms with Gasteiger partial charge in [-0.2, -0.15) is 5.01 Å². The molecule has 0 unspecified atom stereocenters. The number of carbonyl (C=O) groups is 4. The lowest BCUT2D eigenvalue weighted by molar-refractivity contribution is -0.385. The molecule has 10 nitrogen and oxygen atoms in total. The highest BCUT2D eigenvalue weighted by Gasteiger charge is 2.88. The molecule has 1 saturated carbocycles. The van der Waals surface area contributed by atoms with Crippen molar-refractivity contribution in [3.05, 3.63) is 79.8 Å². The van der Waals surface area contributed by atoms with Gasteiger partial charge in [0.15, 0.2) is 10.1 Å². The highest BCUT2D eigenvalue weighted by Crippen LogP contribution is 2.77. The van der Waals surface area contributed by atoms with Gasteiger partial charge < -0.3 is 4.74 Å². The molecule has 4 atom stereocenters. The van der Waals surface area contributed by atoms with Gasteiger partial charge in [0.25, 0.3) is 23.4 Å². The second kappa shape index (κ2) is 10.00. The number of allylic oxidation sites excluding steroid dienone is 2. The van der Waals surface area contributed by atoms with Crippen molar-refractivity contribution in [1.82, 2.24) is 10.0 Å². The molecule has 41 heavy (non-hydrogen) atoms. The Morgan fingerprint density at radius 1 is 0.951 bits per heavy atom. The average Bonchev–Trinajstić information content (AvgIpc) is 3.34. The van der Waals surface area contributed by atoms with E-state index in [0.717, 1.165) is 12.1 Å². The fourth-order valence-electron chi connectivity index (χ4n) is 5.41. The summed E-state index contributed by atoms with van der Waals surface area (Å²) >= 11 is 39.2. The minimum absolute atomic E-state index is 0.0847. The molecular weight excluding hydrogens is 667 g/mol. The number of halogens is 6. The van der Waals surface area contributed by atoms with E-state index in [2.05, 4.69) is 0 Å². The monoisotopic (exact) mass is 679 g/mol. The summed E-state index contributed by atoms with van der Waals surface area (Å²) in [7, 11) is 1.43. The summed E-state index contributed by atoms with van der Waals surface area (Å²) in [6.45, 7) is -0.888. The van der Waals surface area contributed by atoms with E-state index in [1.54, 1.807) is 0 Å². The third kappa shape index (κ3) is 3.85. The standard InChI is InChI=1S/C25H15Cl6N3O7/c1-41-12-8-6-11(7-9-12)15(35)10-32(20(36)13-4-2-3-5-14(13)34(39)40)33-21(37)16-17(22(33)38)24(29)19(27)18(26)23(16,28)25(24,30)31/h2-9,16-17H,10H2,1H3/t16-,17+,23-,24-/m1/s1. The molecule has 2 aromatic rings. The first kappa shape index (κ1) is 29.9. The molecular formula is C25H15Cl6N3O7. The van der Waals surface area contributed by atoms with Gasteiger partial charge in [0.1, 0.15) is 27.6 Å². The van der Waals surface area contributed by atoms with E-state index < -0.39 is 72.1 Å². The summed E-state index contributed by atoms with van der Waals surface area (Å²) in [4.78, 5) is 61.6. The van der Waals surface area contributed by atoms with E-state index in [1.807, 2.05) is 0 Å². The van der Waals surface area contributed by atoms with Gasteiger partial charge in [-0.15, -0.1) is 23.2 Å².